The predicted molar refractivity (Wildman–Crippen MR) is 189 cm³/mol. The number of amides is 1. The molecule has 1 aromatic heterocycles. The number of nitrogens with zero attached hydrogens (tertiary/aromatic N) is 7. The summed E-state index contributed by atoms with van der Waals surface area (Å²) in [6.07, 6.45) is 4.12. The maximum absolute atomic E-state index is 12.8. The molecule has 2 saturated heterocycles. The van der Waals surface area contributed by atoms with E-state index in [4.69, 9.17) is 31.0 Å². The normalized spacial score (nSPS) is 20.2. The number of benzene rings is 2. The smallest absolute Gasteiger partial charge is 0.318 e. The fraction of sp³-hybridized carbons (Fsp3) is 0.486. The summed E-state index contributed by atoms with van der Waals surface area (Å²) in [6.45, 7) is 5.53. The van der Waals surface area contributed by atoms with Crippen molar-refractivity contribution in [2.24, 2.45) is 0 Å². The summed E-state index contributed by atoms with van der Waals surface area (Å²) in [5.41, 5.74) is 2.98. The van der Waals surface area contributed by atoms with E-state index in [1.165, 1.54) is 12.2 Å². The van der Waals surface area contributed by atoms with Crippen molar-refractivity contribution in [2.45, 2.75) is 37.9 Å². The van der Waals surface area contributed by atoms with Crippen LogP contribution in [0.3, 0.4) is 0 Å². The summed E-state index contributed by atoms with van der Waals surface area (Å²) < 4.78 is 24.6. The first-order valence-corrected chi connectivity index (χ1v) is 17.5. The van der Waals surface area contributed by atoms with E-state index in [1.54, 1.807) is 4.90 Å². The number of carbonyl (C=O) groups is 1. The van der Waals surface area contributed by atoms with E-state index in [9.17, 15) is 14.4 Å². The molecule has 2 aromatic carbocycles. The van der Waals surface area contributed by atoms with Crippen LogP contribution in [0.2, 0.25) is 5.02 Å². The molecule has 6 rings (SSSR count). The molecule has 3 aliphatic rings. The minimum Gasteiger partial charge on any atom is -0.463 e. The van der Waals surface area contributed by atoms with E-state index in [-0.39, 0.29) is 18.4 Å². The van der Waals surface area contributed by atoms with Gasteiger partial charge in [0.05, 0.1) is 55.6 Å². The maximum Gasteiger partial charge on any atom is 0.318 e. The Hall–Kier alpha value is -3.63. The van der Waals surface area contributed by atoms with Gasteiger partial charge < -0.3 is 24.2 Å². The second kappa shape index (κ2) is 16.2. The van der Waals surface area contributed by atoms with Crippen LogP contribution in [0.4, 0.5) is 15.9 Å². The Morgan fingerprint density at radius 2 is 2.00 bits per heavy atom. The molecule has 2 atom stereocenters. The Labute approximate surface area is 291 Å². The third-order valence-corrected chi connectivity index (χ3v) is 10.1. The number of halogens is 2. The number of piperazine rings is 1. The van der Waals surface area contributed by atoms with Gasteiger partial charge in [-0.15, -0.1) is 0 Å². The first-order valence-electron chi connectivity index (χ1n) is 16.5. The summed E-state index contributed by atoms with van der Waals surface area (Å²) in [4.78, 5) is 31.2. The van der Waals surface area contributed by atoms with Crippen LogP contribution in [0.15, 0.2) is 48.6 Å². The second-order valence-electron chi connectivity index (χ2n) is 12.2. The average molecular weight is 694 g/mol. The van der Waals surface area contributed by atoms with Crippen LogP contribution in [0.1, 0.15) is 24.1 Å². The molecule has 0 unspecified atom stereocenters. The van der Waals surface area contributed by atoms with Crippen molar-refractivity contribution in [3.05, 3.63) is 64.8 Å². The summed E-state index contributed by atoms with van der Waals surface area (Å²) >= 11 is 11.2. The lowest BCUT2D eigenvalue weighted by atomic mass is 10.0. The summed E-state index contributed by atoms with van der Waals surface area (Å²) in [7, 11) is 0. The molecular formula is C35H41ClFN7O3S. The van der Waals surface area contributed by atoms with Gasteiger partial charge in [-0.3, -0.25) is 9.69 Å². The molecule has 0 aliphatic carbocycles. The number of fused-ring (bicyclic) bond motifs is 2. The zero-order valence-corrected chi connectivity index (χ0v) is 28.6. The van der Waals surface area contributed by atoms with Crippen LogP contribution in [0.25, 0.3) is 10.8 Å². The molecule has 13 heteroatoms. The second-order valence-corrected chi connectivity index (χ2v) is 13.0. The van der Waals surface area contributed by atoms with Gasteiger partial charge in [0.25, 0.3) is 0 Å². The van der Waals surface area contributed by atoms with Gasteiger partial charge in [0, 0.05) is 73.8 Å². The Balaban J connectivity index is 1.26. The molecule has 3 aromatic rings. The minimum absolute atomic E-state index is 0.159. The third-order valence-electron chi connectivity index (χ3n) is 9.32. The number of allylic oxidation sites excluding steroid dienone is 1. The van der Waals surface area contributed by atoms with E-state index in [0.717, 1.165) is 71.9 Å². The average Bonchev–Trinajstić information content (AvgIpc) is 3.12. The lowest BCUT2D eigenvalue weighted by Crippen LogP contribution is -2.55. The summed E-state index contributed by atoms with van der Waals surface area (Å²) in [6, 6.07) is 14.6. The zero-order chi connectivity index (χ0) is 33.5. The molecule has 1 amide bonds. The number of ether oxygens (including phenoxy) is 2. The fourth-order valence-electron chi connectivity index (χ4n) is 6.90. The summed E-state index contributed by atoms with van der Waals surface area (Å²) in [5.74, 6) is 1.24. The quantitative estimate of drug-likeness (QED) is 0.174. The highest BCUT2D eigenvalue weighted by molar-refractivity contribution is 7.80. The number of rotatable bonds is 11. The van der Waals surface area contributed by atoms with Crippen molar-refractivity contribution >= 4 is 52.4 Å². The summed E-state index contributed by atoms with van der Waals surface area (Å²) in [5, 5.41) is 12.4. The van der Waals surface area contributed by atoms with Crippen molar-refractivity contribution in [3.8, 4) is 12.1 Å². The Morgan fingerprint density at radius 1 is 1.15 bits per heavy atom. The lowest BCUT2D eigenvalue weighted by Gasteiger charge is -2.42. The minimum atomic E-state index is -0.714. The van der Waals surface area contributed by atoms with Crippen LogP contribution in [0, 0.1) is 11.3 Å². The van der Waals surface area contributed by atoms with Crippen LogP contribution in [0.5, 0.6) is 6.01 Å². The molecular weight excluding hydrogens is 653 g/mol. The number of aromatic nitrogens is 2. The van der Waals surface area contributed by atoms with Crippen molar-refractivity contribution in [1.82, 2.24) is 19.8 Å². The first kappa shape index (κ1) is 34.2. The topological polar surface area (TPSA) is 98.1 Å². The highest BCUT2D eigenvalue weighted by Crippen LogP contribution is 2.37. The highest BCUT2D eigenvalue weighted by Gasteiger charge is 2.33. The molecule has 0 spiro atoms. The number of nitriles is 1. The monoisotopic (exact) mass is 693 g/mol. The van der Waals surface area contributed by atoms with E-state index < -0.39 is 6.67 Å². The predicted octanol–water partition coefficient (Wildman–Crippen LogP) is 4.70. The van der Waals surface area contributed by atoms with E-state index in [2.05, 4.69) is 57.7 Å². The van der Waals surface area contributed by atoms with Crippen molar-refractivity contribution in [2.75, 3.05) is 81.3 Å². The van der Waals surface area contributed by atoms with Gasteiger partial charge in [0.2, 0.25) is 5.91 Å². The highest BCUT2D eigenvalue weighted by atomic mass is 35.5. The standard InChI is InChI=1S/C35H41ClFN7O3S/c36-29-7-1-5-25-6-2-8-31(33(25)29)42-15-11-28-30(22-42)39-35(47-19-4-14-41-18-20-46-23-27(41)24-48)40-34(28)43-16-17-44(26(21-43)10-13-38)32(45)9-3-12-37/h1-3,5-9,26-27,48H,4,10-12,14-24H2/b9-3+/t26-,27+/m0/s1. The van der Waals surface area contributed by atoms with Crippen molar-refractivity contribution in [1.29, 1.82) is 5.26 Å². The van der Waals surface area contributed by atoms with Gasteiger partial charge in [-0.2, -0.15) is 27.9 Å². The number of morpholine rings is 1. The van der Waals surface area contributed by atoms with Gasteiger partial charge in [-0.1, -0.05) is 35.9 Å². The molecule has 48 heavy (non-hydrogen) atoms. The number of anilines is 2. The van der Waals surface area contributed by atoms with Crippen molar-refractivity contribution < 1.29 is 18.7 Å². The molecule has 0 N–H and O–H groups in total. The molecule has 10 nitrogen and oxygen atoms in total. The third kappa shape index (κ3) is 7.65. The molecule has 4 heterocycles. The lowest BCUT2D eigenvalue weighted by molar-refractivity contribution is -0.128. The van der Waals surface area contributed by atoms with Crippen LogP contribution < -0.4 is 14.5 Å². The van der Waals surface area contributed by atoms with Gasteiger partial charge in [0.1, 0.15) is 12.5 Å². The molecule has 3 aliphatic heterocycles. The number of carbonyl (C=O) groups excluding carboxylic acids is 1. The zero-order valence-electron chi connectivity index (χ0n) is 26.9. The molecule has 254 valence electrons. The fourth-order valence-corrected chi connectivity index (χ4v) is 7.52. The number of thiol groups is 1. The Bertz CT molecular complexity index is 1670. The Kier molecular flexibility index (Phi) is 11.5. The largest absolute Gasteiger partial charge is 0.463 e. The van der Waals surface area contributed by atoms with Crippen LogP contribution in [-0.4, -0.2) is 109 Å². The number of alkyl halides is 1. The molecule has 2 fully saturated rings. The van der Waals surface area contributed by atoms with Crippen molar-refractivity contribution in [3.63, 3.8) is 0 Å². The van der Waals surface area contributed by atoms with Crippen LogP contribution in [-0.2, 0) is 22.5 Å². The SMILES string of the molecule is N#CC[C@H]1CN(c2nc(OCCCN3CCOC[C@@H]3CS)nc3c2CCN(c2cccc4cccc(Cl)c24)C3)CCN1C(=O)/C=C/CF. The van der Waals surface area contributed by atoms with E-state index >= 15 is 0 Å². The number of hydrogen-bond donors (Lipinski definition) is 1. The number of hydrogen-bond acceptors (Lipinski definition) is 10. The Morgan fingerprint density at radius 3 is 2.81 bits per heavy atom. The van der Waals surface area contributed by atoms with Crippen LogP contribution >= 0.6 is 24.2 Å². The van der Waals surface area contributed by atoms with Gasteiger partial charge >= 0.3 is 6.01 Å². The van der Waals surface area contributed by atoms with Gasteiger partial charge in [-0.05, 0) is 36.4 Å². The van der Waals surface area contributed by atoms with Gasteiger partial charge in [0.15, 0.2) is 0 Å². The first-order chi connectivity index (χ1) is 23.5. The molecule has 0 bridgehead atoms. The molecule has 0 radical (unpaired) electrons. The maximum atomic E-state index is 12.8. The van der Waals surface area contributed by atoms with E-state index in [0.29, 0.717) is 62.9 Å². The van der Waals surface area contributed by atoms with E-state index in [1.807, 2.05) is 12.1 Å². The molecule has 0 saturated carbocycles. The van der Waals surface area contributed by atoms with Gasteiger partial charge in [-0.25, -0.2) is 4.39 Å².